The molecule has 1 aromatic carbocycles. The van der Waals surface area contributed by atoms with E-state index in [1.54, 1.807) is 17.8 Å². The van der Waals surface area contributed by atoms with Crippen LogP contribution in [0.2, 0.25) is 0 Å². The predicted molar refractivity (Wildman–Crippen MR) is 62.6 cm³/mol. The largest absolute Gasteiger partial charge is 0.321 e. The maximum atomic E-state index is 5.76. The van der Waals surface area contributed by atoms with Crippen LogP contribution < -0.4 is 5.73 Å². The fourth-order valence-electron chi connectivity index (χ4n) is 0.962. The molecular formula is C10H14ClNS. The molecule has 13 heavy (non-hydrogen) atoms. The minimum absolute atomic E-state index is 0. The molecule has 1 rings (SSSR count). The van der Waals surface area contributed by atoms with E-state index in [0.29, 0.717) is 0 Å². The van der Waals surface area contributed by atoms with Gasteiger partial charge in [-0.05, 0) is 24.0 Å². The number of nitrogens with two attached hydrogens (primary N) is 1. The van der Waals surface area contributed by atoms with E-state index in [1.807, 2.05) is 12.1 Å². The Morgan fingerprint density at radius 3 is 2.31 bits per heavy atom. The van der Waals surface area contributed by atoms with Crippen molar-refractivity contribution in [2.45, 2.75) is 10.9 Å². The Labute approximate surface area is 89.8 Å². The van der Waals surface area contributed by atoms with Gasteiger partial charge in [0.05, 0.1) is 0 Å². The van der Waals surface area contributed by atoms with Gasteiger partial charge in [-0.15, -0.1) is 30.7 Å². The smallest absolute Gasteiger partial charge is 0.0478 e. The van der Waals surface area contributed by atoms with Gasteiger partial charge >= 0.3 is 0 Å². The number of hydrogen-bond donors (Lipinski definition) is 1. The van der Waals surface area contributed by atoms with E-state index in [0.717, 1.165) is 5.56 Å². The highest BCUT2D eigenvalue weighted by Gasteiger charge is 1.99. The first-order valence-electron chi connectivity index (χ1n) is 3.80. The lowest BCUT2D eigenvalue weighted by atomic mass is 10.1. The molecule has 0 bridgehead atoms. The van der Waals surface area contributed by atoms with Crippen LogP contribution in [0.3, 0.4) is 0 Å². The molecule has 0 aliphatic carbocycles. The number of hydrogen-bond acceptors (Lipinski definition) is 2. The molecule has 0 saturated carbocycles. The lowest BCUT2D eigenvalue weighted by Gasteiger charge is -2.06. The van der Waals surface area contributed by atoms with Crippen LogP contribution in [-0.2, 0) is 0 Å². The fourth-order valence-corrected chi connectivity index (χ4v) is 1.37. The van der Waals surface area contributed by atoms with Crippen LogP contribution in [0.1, 0.15) is 11.6 Å². The van der Waals surface area contributed by atoms with Gasteiger partial charge in [0.2, 0.25) is 0 Å². The van der Waals surface area contributed by atoms with Gasteiger partial charge in [-0.2, -0.15) is 0 Å². The third-order valence-corrected chi connectivity index (χ3v) is 2.50. The summed E-state index contributed by atoms with van der Waals surface area (Å²) in [6, 6.07) is 8.18. The van der Waals surface area contributed by atoms with Gasteiger partial charge < -0.3 is 5.73 Å². The maximum Gasteiger partial charge on any atom is 0.0478 e. The summed E-state index contributed by atoms with van der Waals surface area (Å²) < 4.78 is 0. The standard InChI is InChI=1S/C10H13NS.ClH/c1-3-10(11)8-4-6-9(12-2)7-5-8;/h3-7,10H,1,11H2,2H3;1H/t10-;/m1./s1. The van der Waals surface area contributed by atoms with E-state index in [1.165, 1.54) is 4.90 Å². The molecule has 0 radical (unpaired) electrons. The lowest BCUT2D eigenvalue weighted by Crippen LogP contribution is -2.05. The maximum absolute atomic E-state index is 5.76. The molecule has 3 heteroatoms. The molecule has 1 aromatic rings. The molecule has 0 fully saturated rings. The summed E-state index contributed by atoms with van der Waals surface area (Å²) in [5.74, 6) is 0. The number of benzene rings is 1. The van der Waals surface area contributed by atoms with Gasteiger partial charge in [0, 0.05) is 10.9 Å². The van der Waals surface area contributed by atoms with Crippen LogP contribution in [-0.4, -0.2) is 6.26 Å². The van der Waals surface area contributed by atoms with E-state index in [2.05, 4.69) is 25.0 Å². The van der Waals surface area contributed by atoms with Crippen molar-refractivity contribution in [3.05, 3.63) is 42.5 Å². The normalized spacial score (nSPS) is 11.5. The van der Waals surface area contributed by atoms with Crippen molar-refractivity contribution >= 4 is 24.2 Å². The van der Waals surface area contributed by atoms with Crippen molar-refractivity contribution in [1.29, 1.82) is 0 Å². The van der Waals surface area contributed by atoms with Gasteiger partial charge in [-0.3, -0.25) is 0 Å². The SMILES string of the molecule is C=C[C@@H](N)c1ccc(SC)cc1.Cl. The van der Waals surface area contributed by atoms with Crippen LogP contribution >= 0.6 is 24.2 Å². The molecule has 0 aromatic heterocycles. The van der Waals surface area contributed by atoms with Gasteiger partial charge in [0.25, 0.3) is 0 Å². The highest BCUT2D eigenvalue weighted by atomic mass is 35.5. The summed E-state index contributed by atoms with van der Waals surface area (Å²) in [5.41, 5.74) is 6.87. The summed E-state index contributed by atoms with van der Waals surface area (Å²) >= 11 is 1.73. The molecule has 2 N–H and O–H groups in total. The summed E-state index contributed by atoms with van der Waals surface area (Å²) in [4.78, 5) is 1.26. The summed E-state index contributed by atoms with van der Waals surface area (Å²) in [5, 5.41) is 0. The first kappa shape index (κ1) is 12.6. The number of halogens is 1. The third-order valence-electron chi connectivity index (χ3n) is 1.75. The van der Waals surface area contributed by atoms with E-state index in [-0.39, 0.29) is 18.4 Å². The van der Waals surface area contributed by atoms with Crippen LogP contribution in [0.15, 0.2) is 41.8 Å². The Hall–Kier alpha value is -0.440. The molecule has 0 spiro atoms. The third kappa shape index (κ3) is 3.43. The molecule has 1 atom stereocenters. The van der Waals surface area contributed by atoms with Gasteiger partial charge in [-0.25, -0.2) is 0 Å². The second-order valence-electron chi connectivity index (χ2n) is 2.53. The van der Waals surface area contributed by atoms with Crippen molar-refractivity contribution in [3.8, 4) is 0 Å². The molecule has 0 heterocycles. The molecular weight excluding hydrogens is 202 g/mol. The number of rotatable bonds is 3. The van der Waals surface area contributed by atoms with E-state index in [9.17, 15) is 0 Å². The molecule has 1 nitrogen and oxygen atoms in total. The summed E-state index contributed by atoms with van der Waals surface area (Å²) in [6.45, 7) is 3.65. The summed E-state index contributed by atoms with van der Waals surface area (Å²) in [6.07, 6.45) is 3.80. The second-order valence-corrected chi connectivity index (χ2v) is 3.41. The quantitative estimate of drug-likeness (QED) is 0.620. The van der Waals surface area contributed by atoms with E-state index >= 15 is 0 Å². The van der Waals surface area contributed by atoms with Crippen molar-refractivity contribution in [3.63, 3.8) is 0 Å². The zero-order valence-corrected chi connectivity index (χ0v) is 9.20. The molecule has 0 aliphatic rings. The molecule has 0 amide bonds. The zero-order chi connectivity index (χ0) is 8.97. The van der Waals surface area contributed by atoms with Gasteiger partial charge in [0.1, 0.15) is 0 Å². The van der Waals surface area contributed by atoms with Gasteiger partial charge in [0.15, 0.2) is 0 Å². The molecule has 0 aliphatic heterocycles. The van der Waals surface area contributed by atoms with Crippen LogP contribution in [0.25, 0.3) is 0 Å². The first-order chi connectivity index (χ1) is 5.77. The van der Waals surface area contributed by atoms with Crippen molar-refractivity contribution in [1.82, 2.24) is 0 Å². The molecule has 72 valence electrons. The topological polar surface area (TPSA) is 26.0 Å². The average Bonchev–Trinajstić information content (AvgIpc) is 2.17. The monoisotopic (exact) mass is 215 g/mol. The minimum Gasteiger partial charge on any atom is -0.321 e. The number of thioether (sulfide) groups is 1. The van der Waals surface area contributed by atoms with Crippen LogP contribution in [0.5, 0.6) is 0 Å². The molecule has 0 unspecified atom stereocenters. The Balaban J connectivity index is 0.00000144. The highest BCUT2D eigenvalue weighted by molar-refractivity contribution is 7.98. The van der Waals surface area contributed by atoms with Gasteiger partial charge in [-0.1, -0.05) is 18.2 Å². The van der Waals surface area contributed by atoms with E-state index in [4.69, 9.17) is 5.73 Å². The zero-order valence-electron chi connectivity index (χ0n) is 7.57. The minimum atomic E-state index is -0.0408. The first-order valence-corrected chi connectivity index (χ1v) is 5.02. The lowest BCUT2D eigenvalue weighted by molar-refractivity contribution is 0.912. The Morgan fingerprint density at radius 2 is 1.92 bits per heavy atom. The predicted octanol–water partition coefficient (Wildman–Crippen LogP) is 3.02. The average molecular weight is 216 g/mol. The van der Waals surface area contributed by atoms with Crippen molar-refractivity contribution in [2.75, 3.05) is 6.26 Å². The summed E-state index contributed by atoms with van der Waals surface area (Å²) in [7, 11) is 0. The van der Waals surface area contributed by atoms with Crippen LogP contribution in [0, 0.1) is 0 Å². The van der Waals surface area contributed by atoms with Crippen molar-refractivity contribution in [2.24, 2.45) is 5.73 Å². The Bertz CT molecular complexity index is 258. The second kappa shape index (κ2) is 6.08. The fraction of sp³-hybridized carbons (Fsp3) is 0.200. The highest BCUT2D eigenvalue weighted by Crippen LogP contribution is 2.17. The van der Waals surface area contributed by atoms with Crippen molar-refractivity contribution < 1.29 is 0 Å². The van der Waals surface area contributed by atoms with E-state index < -0.39 is 0 Å². The Morgan fingerprint density at radius 1 is 1.38 bits per heavy atom. The van der Waals surface area contributed by atoms with Crippen LogP contribution in [0.4, 0.5) is 0 Å². The Kier molecular flexibility index (Phi) is 5.88. The molecule has 0 saturated heterocycles.